The third-order valence-corrected chi connectivity index (χ3v) is 3.62. The molecule has 0 bridgehead atoms. The minimum atomic E-state index is 0.610. The number of nitrogens with two attached hydrogens (primary N) is 1. The lowest BCUT2D eigenvalue weighted by Gasteiger charge is -2.26. The Morgan fingerprint density at radius 3 is 2.88 bits per heavy atom. The summed E-state index contributed by atoms with van der Waals surface area (Å²) in [6.07, 6.45) is 3.77. The Morgan fingerprint density at radius 2 is 2.12 bits per heavy atom. The average molecular weight is 239 g/mol. The van der Waals surface area contributed by atoms with Gasteiger partial charge in [0, 0.05) is 13.1 Å². The van der Waals surface area contributed by atoms with Crippen LogP contribution < -0.4 is 10.6 Å². The highest BCUT2D eigenvalue weighted by Crippen LogP contribution is 2.28. The van der Waals surface area contributed by atoms with Crippen LogP contribution in [0.25, 0.3) is 0 Å². The number of hydrogen-bond donors (Lipinski definition) is 1. The molecule has 1 unspecified atom stereocenters. The summed E-state index contributed by atoms with van der Waals surface area (Å²) in [7, 11) is 0. The number of benzene rings is 1. The van der Waals surface area contributed by atoms with Gasteiger partial charge in [-0.1, -0.05) is 30.2 Å². The lowest BCUT2D eigenvalue weighted by atomic mass is 10.0. The number of rotatable bonds is 2. The molecule has 2 nitrogen and oxygen atoms in total. The fourth-order valence-electron chi connectivity index (χ4n) is 2.35. The van der Waals surface area contributed by atoms with Crippen molar-refractivity contribution in [1.29, 1.82) is 0 Å². The van der Waals surface area contributed by atoms with Crippen LogP contribution in [-0.2, 0) is 0 Å². The van der Waals surface area contributed by atoms with Gasteiger partial charge in [0.05, 0.1) is 10.7 Å². The van der Waals surface area contributed by atoms with Crippen molar-refractivity contribution in [3.8, 4) is 0 Å². The molecule has 3 heteroatoms. The predicted molar refractivity (Wildman–Crippen MR) is 70.1 cm³/mol. The van der Waals surface area contributed by atoms with Gasteiger partial charge in [0.25, 0.3) is 0 Å². The monoisotopic (exact) mass is 238 g/mol. The third-order valence-electron chi connectivity index (χ3n) is 3.30. The Labute approximate surface area is 102 Å². The zero-order chi connectivity index (χ0) is 11.4. The van der Waals surface area contributed by atoms with E-state index in [-0.39, 0.29) is 0 Å². The van der Waals surface area contributed by atoms with Gasteiger partial charge in [-0.3, -0.25) is 0 Å². The van der Waals surface area contributed by atoms with Crippen LogP contribution in [0, 0.1) is 5.92 Å². The van der Waals surface area contributed by atoms with Crippen molar-refractivity contribution in [1.82, 2.24) is 0 Å². The molecule has 0 radical (unpaired) electrons. The molecule has 0 aliphatic carbocycles. The zero-order valence-corrected chi connectivity index (χ0v) is 10.3. The molecule has 0 saturated carbocycles. The lowest BCUT2D eigenvalue weighted by Crippen LogP contribution is -2.31. The maximum atomic E-state index is 6.23. The van der Waals surface area contributed by atoms with Crippen molar-refractivity contribution in [3.63, 3.8) is 0 Å². The summed E-state index contributed by atoms with van der Waals surface area (Å²) in [6.45, 7) is 2.92. The lowest BCUT2D eigenvalue weighted by molar-refractivity contribution is 0.508. The van der Waals surface area contributed by atoms with Gasteiger partial charge in [-0.05, 0) is 37.4 Å². The van der Waals surface area contributed by atoms with Crippen LogP contribution in [0.4, 0.5) is 5.69 Å². The highest BCUT2D eigenvalue weighted by atomic mass is 35.5. The second-order valence-electron chi connectivity index (χ2n) is 4.49. The number of para-hydroxylation sites is 1. The van der Waals surface area contributed by atoms with Crippen LogP contribution in [0.1, 0.15) is 19.3 Å². The van der Waals surface area contributed by atoms with Crippen molar-refractivity contribution in [2.45, 2.75) is 19.3 Å². The number of halogens is 1. The van der Waals surface area contributed by atoms with E-state index in [1.165, 1.54) is 19.3 Å². The van der Waals surface area contributed by atoms with E-state index < -0.39 is 0 Å². The predicted octanol–water partition coefficient (Wildman–Crippen LogP) is 2.91. The van der Waals surface area contributed by atoms with Crippen molar-refractivity contribution < 1.29 is 0 Å². The van der Waals surface area contributed by atoms with Crippen LogP contribution in [0.2, 0.25) is 5.02 Å². The van der Waals surface area contributed by atoms with Crippen LogP contribution >= 0.6 is 11.6 Å². The van der Waals surface area contributed by atoms with Crippen molar-refractivity contribution in [3.05, 3.63) is 29.3 Å². The SMILES string of the molecule is NCC1CCCCN(c2ccccc2Cl)C1. The van der Waals surface area contributed by atoms with E-state index in [9.17, 15) is 0 Å². The van der Waals surface area contributed by atoms with Crippen LogP contribution in [0.15, 0.2) is 24.3 Å². The van der Waals surface area contributed by atoms with E-state index in [0.717, 1.165) is 30.3 Å². The summed E-state index contributed by atoms with van der Waals surface area (Å²) >= 11 is 6.23. The smallest absolute Gasteiger partial charge is 0.0639 e. The van der Waals surface area contributed by atoms with E-state index in [1.54, 1.807) is 0 Å². The molecule has 1 aromatic rings. The normalized spacial score (nSPS) is 21.9. The van der Waals surface area contributed by atoms with E-state index in [4.69, 9.17) is 17.3 Å². The fraction of sp³-hybridized carbons (Fsp3) is 0.538. The molecule has 0 amide bonds. The summed E-state index contributed by atoms with van der Waals surface area (Å²) in [4.78, 5) is 2.38. The summed E-state index contributed by atoms with van der Waals surface area (Å²) in [5.41, 5.74) is 6.95. The second-order valence-corrected chi connectivity index (χ2v) is 4.90. The zero-order valence-electron chi connectivity index (χ0n) is 9.53. The first-order chi connectivity index (χ1) is 7.81. The number of nitrogens with zero attached hydrogens (tertiary/aromatic N) is 1. The molecule has 2 rings (SSSR count). The first kappa shape index (κ1) is 11.7. The van der Waals surface area contributed by atoms with Gasteiger partial charge in [-0.2, -0.15) is 0 Å². The summed E-state index contributed by atoms with van der Waals surface area (Å²) in [5.74, 6) is 0.610. The van der Waals surface area contributed by atoms with Crippen molar-refractivity contribution in [2.24, 2.45) is 11.7 Å². The van der Waals surface area contributed by atoms with Crippen LogP contribution in [-0.4, -0.2) is 19.6 Å². The van der Waals surface area contributed by atoms with Gasteiger partial charge < -0.3 is 10.6 Å². The minimum absolute atomic E-state index is 0.610. The molecule has 0 spiro atoms. The molecule has 1 atom stereocenters. The highest BCUT2D eigenvalue weighted by molar-refractivity contribution is 6.33. The maximum Gasteiger partial charge on any atom is 0.0639 e. The van der Waals surface area contributed by atoms with Crippen molar-refractivity contribution >= 4 is 17.3 Å². The van der Waals surface area contributed by atoms with E-state index >= 15 is 0 Å². The average Bonchev–Trinajstić information content (AvgIpc) is 2.55. The topological polar surface area (TPSA) is 29.3 Å². The van der Waals surface area contributed by atoms with Gasteiger partial charge in [0.2, 0.25) is 0 Å². The van der Waals surface area contributed by atoms with Crippen molar-refractivity contribution in [2.75, 3.05) is 24.5 Å². The highest BCUT2D eigenvalue weighted by Gasteiger charge is 2.18. The maximum absolute atomic E-state index is 6.23. The first-order valence-corrected chi connectivity index (χ1v) is 6.38. The molecule has 1 fully saturated rings. The largest absolute Gasteiger partial charge is 0.370 e. The Hall–Kier alpha value is -0.730. The Balaban J connectivity index is 2.16. The molecule has 88 valence electrons. The Kier molecular flexibility index (Phi) is 4.08. The van der Waals surface area contributed by atoms with Crippen LogP contribution in [0.5, 0.6) is 0 Å². The summed E-state index contributed by atoms with van der Waals surface area (Å²) in [6, 6.07) is 8.08. The van der Waals surface area contributed by atoms with Gasteiger partial charge in [0.15, 0.2) is 0 Å². The molecule has 16 heavy (non-hydrogen) atoms. The summed E-state index contributed by atoms with van der Waals surface area (Å²) < 4.78 is 0. The Morgan fingerprint density at radius 1 is 1.31 bits per heavy atom. The third kappa shape index (κ3) is 2.69. The molecule has 1 aromatic carbocycles. The number of hydrogen-bond acceptors (Lipinski definition) is 2. The number of anilines is 1. The standard InChI is InChI=1S/C13H19ClN2/c14-12-6-1-2-7-13(12)16-8-4-3-5-11(9-15)10-16/h1-2,6-7,11H,3-5,8-10,15H2. The Bertz CT molecular complexity index is 340. The molecular formula is C13H19ClN2. The van der Waals surface area contributed by atoms with Gasteiger partial charge in [-0.15, -0.1) is 0 Å². The fourth-order valence-corrected chi connectivity index (χ4v) is 2.60. The molecule has 1 heterocycles. The molecule has 0 aromatic heterocycles. The minimum Gasteiger partial charge on any atom is -0.370 e. The molecule has 1 aliphatic heterocycles. The van der Waals surface area contributed by atoms with Gasteiger partial charge >= 0.3 is 0 Å². The summed E-state index contributed by atoms with van der Waals surface area (Å²) in [5, 5.41) is 0.847. The molecule has 1 aliphatic rings. The van der Waals surface area contributed by atoms with E-state index in [0.29, 0.717) is 5.92 Å². The molecular weight excluding hydrogens is 220 g/mol. The first-order valence-electron chi connectivity index (χ1n) is 6.01. The van der Waals surface area contributed by atoms with Gasteiger partial charge in [0.1, 0.15) is 0 Å². The quantitative estimate of drug-likeness (QED) is 0.859. The molecule has 2 N–H and O–H groups in total. The molecule has 1 saturated heterocycles. The van der Waals surface area contributed by atoms with Gasteiger partial charge in [-0.25, -0.2) is 0 Å². The van der Waals surface area contributed by atoms with Crippen LogP contribution in [0.3, 0.4) is 0 Å². The second kappa shape index (κ2) is 5.55. The van der Waals surface area contributed by atoms with E-state index in [2.05, 4.69) is 11.0 Å². The van der Waals surface area contributed by atoms with E-state index in [1.807, 2.05) is 18.2 Å².